The van der Waals surface area contributed by atoms with Crippen molar-refractivity contribution in [2.24, 2.45) is 5.41 Å². The van der Waals surface area contributed by atoms with Crippen LogP contribution < -0.4 is 5.32 Å². The number of hydrogen-bond acceptors (Lipinski definition) is 3. The molecule has 0 unspecified atom stereocenters. The highest BCUT2D eigenvalue weighted by Crippen LogP contribution is 2.36. The molecule has 2 aliphatic heterocycles. The molecule has 2 fully saturated rings. The number of carbonyl (C=O) groups excluding carboxylic acids is 2. The Bertz CT molecular complexity index is 926. The first-order chi connectivity index (χ1) is 13.6. The van der Waals surface area contributed by atoms with Gasteiger partial charge in [0.2, 0.25) is 0 Å². The van der Waals surface area contributed by atoms with Crippen molar-refractivity contribution in [3.8, 4) is 11.1 Å². The molecule has 1 atom stereocenters. The van der Waals surface area contributed by atoms with Gasteiger partial charge in [0.25, 0.3) is 5.91 Å². The molecule has 2 aromatic carbocycles. The second-order valence-electron chi connectivity index (χ2n) is 8.63. The van der Waals surface area contributed by atoms with Crippen molar-refractivity contribution in [1.82, 2.24) is 10.2 Å². The molecule has 2 heterocycles. The van der Waals surface area contributed by atoms with Crippen LogP contribution in [0.3, 0.4) is 0 Å². The Balaban J connectivity index is 1.34. The Hall–Kier alpha value is -2.46. The lowest BCUT2D eigenvalue weighted by Gasteiger charge is -2.40. The quantitative estimate of drug-likeness (QED) is 0.872. The molecular weight excluding hydrogens is 348 g/mol. The van der Waals surface area contributed by atoms with Gasteiger partial charge in [-0.25, -0.2) is 0 Å². The van der Waals surface area contributed by atoms with Gasteiger partial charge in [0.05, 0.1) is 0 Å². The molecule has 2 saturated heterocycles. The summed E-state index contributed by atoms with van der Waals surface area (Å²) in [6.45, 7) is 3.85. The minimum absolute atomic E-state index is 0.150. The van der Waals surface area contributed by atoms with Gasteiger partial charge in [0, 0.05) is 42.6 Å². The number of nitrogens with zero attached hydrogens (tertiary/aromatic N) is 1. The van der Waals surface area contributed by atoms with Gasteiger partial charge in [-0.2, -0.15) is 0 Å². The lowest BCUT2D eigenvalue weighted by Crippen LogP contribution is -2.47. The topological polar surface area (TPSA) is 49.4 Å². The van der Waals surface area contributed by atoms with Crippen molar-refractivity contribution >= 4 is 11.7 Å². The highest BCUT2D eigenvalue weighted by atomic mass is 16.2. The number of likely N-dealkylation sites (tertiary alicyclic amines) is 1. The Morgan fingerprint density at radius 2 is 1.82 bits per heavy atom. The summed E-state index contributed by atoms with van der Waals surface area (Å²) in [6, 6.07) is 14.0. The van der Waals surface area contributed by atoms with E-state index >= 15 is 0 Å². The third-order valence-corrected chi connectivity index (χ3v) is 6.77. The molecule has 1 N–H and O–H groups in total. The van der Waals surface area contributed by atoms with Gasteiger partial charge in [-0.3, -0.25) is 9.59 Å². The van der Waals surface area contributed by atoms with E-state index in [2.05, 4.69) is 11.4 Å². The number of aryl methyl sites for hydroxylation is 1. The van der Waals surface area contributed by atoms with E-state index in [-0.39, 0.29) is 17.1 Å². The Kier molecular flexibility index (Phi) is 4.31. The minimum Gasteiger partial charge on any atom is -0.338 e. The van der Waals surface area contributed by atoms with Gasteiger partial charge in [-0.05, 0) is 61.1 Å². The molecule has 0 aromatic heterocycles. The minimum atomic E-state index is 0.150. The Morgan fingerprint density at radius 1 is 1.00 bits per heavy atom. The van der Waals surface area contributed by atoms with Gasteiger partial charge in [-0.15, -0.1) is 0 Å². The van der Waals surface area contributed by atoms with Crippen molar-refractivity contribution in [3.63, 3.8) is 0 Å². The summed E-state index contributed by atoms with van der Waals surface area (Å²) >= 11 is 0. The fraction of sp³-hybridized carbons (Fsp3) is 0.417. The maximum atomic E-state index is 13.0. The van der Waals surface area contributed by atoms with Crippen molar-refractivity contribution in [2.45, 2.75) is 32.1 Å². The van der Waals surface area contributed by atoms with Crippen LogP contribution in [-0.2, 0) is 6.42 Å². The molecule has 0 saturated carbocycles. The van der Waals surface area contributed by atoms with E-state index in [1.54, 1.807) is 0 Å². The van der Waals surface area contributed by atoms with Gasteiger partial charge in [0.1, 0.15) is 0 Å². The predicted molar refractivity (Wildman–Crippen MR) is 110 cm³/mol. The van der Waals surface area contributed by atoms with Gasteiger partial charge < -0.3 is 10.2 Å². The number of Topliss-reactive ketones (excluding diaryl/α,β-unsaturated/α-hetero) is 1. The molecule has 2 aromatic rings. The van der Waals surface area contributed by atoms with E-state index in [9.17, 15) is 9.59 Å². The maximum absolute atomic E-state index is 13.0. The molecule has 1 aliphatic carbocycles. The first kappa shape index (κ1) is 17.6. The molecule has 3 aliphatic rings. The molecule has 144 valence electrons. The van der Waals surface area contributed by atoms with Gasteiger partial charge in [0.15, 0.2) is 5.78 Å². The monoisotopic (exact) mass is 374 g/mol. The molecule has 28 heavy (non-hydrogen) atoms. The molecule has 4 nitrogen and oxygen atoms in total. The molecule has 4 heteroatoms. The van der Waals surface area contributed by atoms with Crippen molar-refractivity contribution < 1.29 is 9.59 Å². The number of piperidine rings is 1. The number of hydrogen-bond donors (Lipinski definition) is 1. The van der Waals surface area contributed by atoms with E-state index < -0.39 is 0 Å². The van der Waals surface area contributed by atoms with Crippen molar-refractivity contribution in [1.29, 1.82) is 0 Å². The van der Waals surface area contributed by atoms with Crippen molar-refractivity contribution in [2.75, 3.05) is 26.2 Å². The first-order valence-corrected chi connectivity index (χ1v) is 10.4. The zero-order chi connectivity index (χ0) is 19.1. The molecule has 1 amide bonds. The van der Waals surface area contributed by atoms with Crippen LogP contribution in [0.2, 0.25) is 0 Å². The molecule has 0 radical (unpaired) electrons. The van der Waals surface area contributed by atoms with Crippen LogP contribution in [-0.4, -0.2) is 42.8 Å². The average Bonchev–Trinajstić information content (AvgIpc) is 3.34. The fourth-order valence-electron chi connectivity index (χ4n) is 5.15. The number of rotatable bonds is 2. The summed E-state index contributed by atoms with van der Waals surface area (Å²) in [5.74, 6) is 0.399. The number of fused-ring (bicyclic) bond motifs is 1. The standard InChI is InChI=1S/C24H26N2O2/c27-22-9-7-20-14-19(6-8-21(20)22)17-2-4-18(5-3-17)23(28)26-13-1-10-24(16-26)11-12-25-15-24/h2-6,8,14,25H,1,7,9-13,15-16H2/t24-/m1/s1. The lowest BCUT2D eigenvalue weighted by atomic mass is 9.79. The van der Waals surface area contributed by atoms with Crippen LogP contribution in [0.4, 0.5) is 0 Å². The average molecular weight is 374 g/mol. The van der Waals surface area contributed by atoms with Crippen LogP contribution in [0.1, 0.15) is 52.0 Å². The zero-order valence-corrected chi connectivity index (χ0v) is 16.2. The fourth-order valence-corrected chi connectivity index (χ4v) is 5.15. The van der Waals surface area contributed by atoms with E-state index in [4.69, 9.17) is 0 Å². The van der Waals surface area contributed by atoms with E-state index in [1.165, 1.54) is 12.8 Å². The van der Waals surface area contributed by atoms with Crippen LogP contribution >= 0.6 is 0 Å². The summed E-state index contributed by atoms with van der Waals surface area (Å²) in [5, 5.41) is 3.47. The SMILES string of the molecule is O=C1CCc2cc(-c3ccc(C(=O)N4CCC[C@]5(CCNC5)C4)cc3)ccc21. The Labute approximate surface area is 165 Å². The second-order valence-corrected chi connectivity index (χ2v) is 8.63. The third-order valence-electron chi connectivity index (χ3n) is 6.77. The van der Waals surface area contributed by atoms with Crippen LogP contribution in [0, 0.1) is 5.41 Å². The molecule has 1 spiro atoms. The smallest absolute Gasteiger partial charge is 0.253 e. The summed E-state index contributed by atoms with van der Waals surface area (Å²) in [7, 11) is 0. The number of nitrogens with one attached hydrogen (secondary N) is 1. The normalized spacial score (nSPS) is 24.0. The van der Waals surface area contributed by atoms with E-state index in [0.717, 1.165) is 66.8 Å². The van der Waals surface area contributed by atoms with Gasteiger partial charge in [-0.1, -0.05) is 30.3 Å². The van der Waals surface area contributed by atoms with Crippen LogP contribution in [0.5, 0.6) is 0 Å². The van der Waals surface area contributed by atoms with Crippen LogP contribution in [0.15, 0.2) is 42.5 Å². The Morgan fingerprint density at radius 3 is 2.61 bits per heavy atom. The number of benzene rings is 2. The predicted octanol–water partition coefficient (Wildman–Crippen LogP) is 3.70. The maximum Gasteiger partial charge on any atom is 0.253 e. The molecule has 5 rings (SSSR count). The second kappa shape index (κ2) is 6.85. The van der Waals surface area contributed by atoms with Crippen molar-refractivity contribution in [3.05, 3.63) is 59.2 Å². The first-order valence-electron chi connectivity index (χ1n) is 10.4. The number of carbonyl (C=O) groups is 2. The molecule has 0 bridgehead atoms. The highest BCUT2D eigenvalue weighted by Gasteiger charge is 2.39. The summed E-state index contributed by atoms with van der Waals surface area (Å²) < 4.78 is 0. The summed E-state index contributed by atoms with van der Waals surface area (Å²) in [6.07, 6.45) is 4.96. The lowest BCUT2D eigenvalue weighted by molar-refractivity contribution is 0.0553. The summed E-state index contributed by atoms with van der Waals surface area (Å²) in [5.41, 5.74) is 5.27. The van der Waals surface area contributed by atoms with Crippen LogP contribution in [0.25, 0.3) is 11.1 Å². The third kappa shape index (κ3) is 3.06. The van der Waals surface area contributed by atoms with E-state index in [1.807, 2.05) is 41.3 Å². The molecular formula is C24H26N2O2. The summed E-state index contributed by atoms with van der Waals surface area (Å²) in [4.78, 5) is 26.9. The van der Waals surface area contributed by atoms with E-state index in [0.29, 0.717) is 6.42 Å². The highest BCUT2D eigenvalue weighted by molar-refractivity contribution is 6.01. The number of ketones is 1. The largest absolute Gasteiger partial charge is 0.338 e. The zero-order valence-electron chi connectivity index (χ0n) is 16.2. The van der Waals surface area contributed by atoms with Gasteiger partial charge >= 0.3 is 0 Å². The number of amides is 1.